The molecule has 6 rings (SSSR count). The largest absolute Gasteiger partial charge is 0.420 e. The second-order valence-electron chi connectivity index (χ2n) is 8.81. The molecule has 0 saturated heterocycles. The summed E-state index contributed by atoms with van der Waals surface area (Å²) in [5, 5.41) is 15.1. The highest BCUT2D eigenvalue weighted by atomic mass is 35.5. The van der Waals surface area contributed by atoms with Crippen LogP contribution >= 0.6 is 11.6 Å². The molecule has 1 aliphatic heterocycles. The molecule has 37 heavy (non-hydrogen) atoms. The van der Waals surface area contributed by atoms with Crippen LogP contribution in [0.2, 0.25) is 5.02 Å². The fraction of sp³-hybridized carbons (Fsp3) is 0.0714. The fourth-order valence-electron chi connectivity index (χ4n) is 4.84. The molecule has 0 radical (unpaired) electrons. The number of amides is 1. The highest BCUT2D eigenvalue weighted by Crippen LogP contribution is 2.35. The molecule has 182 valence electrons. The Morgan fingerprint density at radius 3 is 2.78 bits per heavy atom. The van der Waals surface area contributed by atoms with E-state index >= 15 is 0 Å². The van der Waals surface area contributed by atoms with Crippen LogP contribution in [0, 0.1) is 0 Å². The van der Waals surface area contributed by atoms with Crippen molar-refractivity contribution >= 4 is 44.8 Å². The molecule has 0 aliphatic carbocycles. The third-order valence-corrected chi connectivity index (χ3v) is 6.80. The maximum atomic E-state index is 13.1. The van der Waals surface area contributed by atoms with Crippen LogP contribution in [-0.2, 0) is 11.2 Å². The number of halogens is 1. The van der Waals surface area contributed by atoms with Crippen molar-refractivity contribution in [3.8, 4) is 5.69 Å². The zero-order chi connectivity index (χ0) is 25.6. The summed E-state index contributed by atoms with van der Waals surface area (Å²) < 4.78 is 6.96. The summed E-state index contributed by atoms with van der Waals surface area (Å²) in [6.07, 6.45) is 7.18. The van der Waals surface area contributed by atoms with Crippen LogP contribution in [0.15, 0.2) is 100 Å². The van der Waals surface area contributed by atoms with Gasteiger partial charge in [-0.2, -0.15) is 0 Å². The molecule has 0 fully saturated rings. The Morgan fingerprint density at radius 1 is 1.08 bits per heavy atom. The zero-order valence-electron chi connectivity index (χ0n) is 19.4. The van der Waals surface area contributed by atoms with Gasteiger partial charge in [0, 0.05) is 28.5 Å². The van der Waals surface area contributed by atoms with Gasteiger partial charge in [0.2, 0.25) is 5.91 Å². The molecule has 1 unspecified atom stereocenters. The van der Waals surface area contributed by atoms with Crippen LogP contribution in [0.4, 0.5) is 0 Å². The summed E-state index contributed by atoms with van der Waals surface area (Å²) in [4.78, 5) is 25.0. The first-order chi connectivity index (χ1) is 17.9. The number of primary amides is 1. The van der Waals surface area contributed by atoms with Crippen molar-refractivity contribution in [2.45, 2.75) is 12.0 Å². The molecular weight excluding hydrogens is 490 g/mol. The quantitative estimate of drug-likeness (QED) is 0.344. The van der Waals surface area contributed by atoms with E-state index in [9.17, 15) is 9.59 Å². The lowest BCUT2D eigenvalue weighted by Crippen LogP contribution is -2.56. The lowest BCUT2D eigenvalue weighted by atomic mass is 9.79. The Hall–Kier alpha value is -4.69. The van der Waals surface area contributed by atoms with Crippen LogP contribution < -0.4 is 16.7 Å². The Balaban J connectivity index is 1.47. The number of carbonyl (C=O) groups is 1. The summed E-state index contributed by atoms with van der Waals surface area (Å²) in [6, 6.07) is 20.1. The molecular formula is C28H20ClN5O3. The highest BCUT2D eigenvalue weighted by Gasteiger charge is 2.43. The van der Waals surface area contributed by atoms with E-state index in [1.807, 2.05) is 48.5 Å². The summed E-state index contributed by atoms with van der Waals surface area (Å²) >= 11 is 6.43. The molecule has 1 atom stereocenters. The molecule has 5 aromatic rings. The van der Waals surface area contributed by atoms with Crippen molar-refractivity contribution < 1.29 is 9.21 Å². The summed E-state index contributed by atoms with van der Waals surface area (Å²) in [6.45, 7) is 0. The monoisotopic (exact) mass is 509 g/mol. The van der Waals surface area contributed by atoms with Crippen molar-refractivity contribution in [2.24, 2.45) is 5.73 Å². The standard InChI is InChI=1S/C28H20ClN5O3/c29-20-13-18-5-1-2-7-21(18)19(14-20)15-28(27(30)36)22(8-4-12-31-28)23-16-34(33-32-23)24-9-3-6-17-10-11-25(35)37-26(17)24/h1-14,16,31H,15H2,(H2,30,36). The fourth-order valence-corrected chi connectivity index (χ4v) is 5.09. The van der Waals surface area contributed by atoms with Crippen LogP contribution in [0.3, 0.4) is 0 Å². The van der Waals surface area contributed by atoms with E-state index in [0.29, 0.717) is 27.6 Å². The molecule has 0 spiro atoms. The number of hydrogen-bond donors (Lipinski definition) is 2. The van der Waals surface area contributed by atoms with Crippen LogP contribution in [0.5, 0.6) is 0 Å². The van der Waals surface area contributed by atoms with Crippen molar-refractivity contribution in [1.29, 1.82) is 0 Å². The summed E-state index contributed by atoms with van der Waals surface area (Å²) in [7, 11) is 0. The first-order valence-electron chi connectivity index (χ1n) is 11.5. The van der Waals surface area contributed by atoms with Gasteiger partial charge in [-0.05, 0) is 52.9 Å². The molecule has 2 aromatic heterocycles. The van der Waals surface area contributed by atoms with Gasteiger partial charge >= 0.3 is 5.63 Å². The first kappa shape index (κ1) is 22.8. The number of rotatable bonds is 5. The number of aromatic nitrogens is 3. The number of nitrogens with one attached hydrogen (secondary N) is 1. The SMILES string of the molecule is NC(=O)C1(Cc2cc(Cl)cc3ccccc23)NC=CC=C1c1cn(-c2cccc3ccc(=O)oc23)nn1. The van der Waals surface area contributed by atoms with Gasteiger partial charge in [0.25, 0.3) is 0 Å². The van der Waals surface area contributed by atoms with Crippen molar-refractivity contribution in [3.63, 3.8) is 0 Å². The maximum absolute atomic E-state index is 13.1. The zero-order valence-corrected chi connectivity index (χ0v) is 20.1. The third kappa shape index (κ3) is 3.88. The van der Waals surface area contributed by atoms with Gasteiger partial charge in [0.1, 0.15) is 16.9 Å². The molecule has 3 aromatic carbocycles. The molecule has 9 heteroatoms. The molecule has 0 bridgehead atoms. The van der Waals surface area contributed by atoms with Gasteiger partial charge in [0.15, 0.2) is 5.58 Å². The molecule has 8 nitrogen and oxygen atoms in total. The second kappa shape index (κ2) is 8.76. The minimum atomic E-state index is -1.31. The van der Waals surface area contributed by atoms with E-state index < -0.39 is 17.1 Å². The maximum Gasteiger partial charge on any atom is 0.336 e. The topological polar surface area (TPSA) is 116 Å². The van der Waals surface area contributed by atoms with E-state index in [-0.39, 0.29) is 6.42 Å². The van der Waals surface area contributed by atoms with Crippen LogP contribution in [-0.4, -0.2) is 26.4 Å². The van der Waals surface area contributed by atoms with Crippen molar-refractivity contribution in [2.75, 3.05) is 0 Å². The number of benzene rings is 3. The number of hydrogen-bond acceptors (Lipinski definition) is 6. The summed E-state index contributed by atoms with van der Waals surface area (Å²) in [5.41, 5.74) is 7.06. The van der Waals surface area contributed by atoms with E-state index in [0.717, 1.165) is 21.7 Å². The van der Waals surface area contributed by atoms with Gasteiger partial charge in [-0.15, -0.1) is 5.10 Å². The van der Waals surface area contributed by atoms with Gasteiger partial charge < -0.3 is 15.5 Å². The lowest BCUT2D eigenvalue weighted by molar-refractivity contribution is -0.122. The smallest absolute Gasteiger partial charge is 0.336 e. The molecule has 3 N–H and O–H groups in total. The predicted molar refractivity (Wildman–Crippen MR) is 142 cm³/mol. The Bertz CT molecular complexity index is 1820. The molecule has 1 aliphatic rings. The number of carbonyl (C=O) groups excluding carboxylic acids is 1. The van der Waals surface area contributed by atoms with E-state index in [2.05, 4.69) is 15.6 Å². The number of nitrogens with zero attached hydrogens (tertiary/aromatic N) is 3. The van der Waals surface area contributed by atoms with Crippen LogP contribution in [0.1, 0.15) is 11.3 Å². The summed E-state index contributed by atoms with van der Waals surface area (Å²) in [5.74, 6) is -0.571. The lowest BCUT2D eigenvalue weighted by Gasteiger charge is -2.35. The second-order valence-corrected chi connectivity index (χ2v) is 9.25. The Labute approximate surface area is 215 Å². The number of nitrogens with two attached hydrogens (primary N) is 1. The minimum absolute atomic E-state index is 0.232. The van der Waals surface area contributed by atoms with Gasteiger partial charge in [0.05, 0.1) is 6.20 Å². The third-order valence-electron chi connectivity index (χ3n) is 6.58. The average molecular weight is 510 g/mol. The molecule has 0 saturated carbocycles. The van der Waals surface area contributed by atoms with Gasteiger partial charge in [-0.3, -0.25) is 4.79 Å². The number of para-hydroxylation sites is 1. The highest BCUT2D eigenvalue weighted by molar-refractivity contribution is 6.31. The van der Waals surface area contributed by atoms with E-state index in [1.165, 1.54) is 10.7 Å². The Morgan fingerprint density at radius 2 is 1.92 bits per heavy atom. The van der Waals surface area contributed by atoms with Gasteiger partial charge in [-0.25, -0.2) is 9.48 Å². The predicted octanol–water partition coefficient (Wildman–Crippen LogP) is 4.15. The minimum Gasteiger partial charge on any atom is -0.420 e. The normalized spacial score (nSPS) is 17.1. The van der Waals surface area contributed by atoms with E-state index in [4.69, 9.17) is 21.8 Å². The first-order valence-corrected chi connectivity index (χ1v) is 11.9. The van der Waals surface area contributed by atoms with Crippen molar-refractivity contribution in [3.05, 3.63) is 118 Å². The van der Waals surface area contributed by atoms with E-state index in [1.54, 1.807) is 36.7 Å². The molecule has 3 heterocycles. The number of dihydropyridines is 1. The Kier molecular flexibility index (Phi) is 5.39. The number of fused-ring (bicyclic) bond motifs is 2. The average Bonchev–Trinajstić information content (AvgIpc) is 3.38. The molecule has 1 amide bonds. The van der Waals surface area contributed by atoms with Crippen LogP contribution in [0.25, 0.3) is 33.0 Å². The van der Waals surface area contributed by atoms with Crippen molar-refractivity contribution in [1.82, 2.24) is 20.3 Å². The number of allylic oxidation sites excluding steroid dienone is 2. The van der Waals surface area contributed by atoms with Gasteiger partial charge in [-0.1, -0.05) is 59.3 Å².